The zero-order valence-corrected chi connectivity index (χ0v) is 8.70. The van der Waals surface area contributed by atoms with Crippen LogP contribution in [-0.2, 0) is 9.53 Å². The predicted molar refractivity (Wildman–Crippen MR) is 53.3 cm³/mol. The lowest BCUT2D eigenvalue weighted by atomic mass is 10.0. The fourth-order valence-corrected chi connectivity index (χ4v) is 2.05. The van der Waals surface area contributed by atoms with Gasteiger partial charge in [-0.25, -0.2) is 9.69 Å². The Kier molecular flexibility index (Phi) is 3.20. The number of ether oxygens (including phenoxy) is 1. The van der Waals surface area contributed by atoms with Crippen molar-refractivity contribution in [2.24, 2.45) is 0 Å². The molecular formula is C10H16N2O3. The van der Waals surface area contributed by atoms with Gasteiger partial charge in [-0.1, -0.05) is 6.42 Å². The molecule has 2 amide bonds. The summed E-state index contributed by atoms with van der Waals surface area (Å²) in [7, 11) is 0. The molecule has 2 heterocycles. The minimum absolute atomic E-state index is 0.0864. The van der Waals surface area contributed by atoms with E-state index in [-0.39, 0.29) is 12.5 Å². The molecule has 5 heteroatoms. The van der Waals surface area contributed by atoms with Crippen LogP contribution in [0.15, 0.2) is 0 Å². The SMILES string of the molecule is O=C1COC(=O)N1CC[C@@H]1CCCCN1. The summed E-state index contributed by atoms with van der Waals surface area (Å²) in [6.07, 6.45) is 3.94. The van der Waals surface area contributed by atoms with E-state index in [0.717, 1.165) is 19.4 Å². The van der Waals surface area contributed by atoms with E-state index in [1.54, 1.807) is 0 Å². The molecule has 0 aromatic rings. The minimum atomic E-state index is -0.490. The molecule has 0 spiro atoms. The van der Waals surface area contributed by atoms with Gasteiger partial charge in [0.25, 0.3) is 5.91 Å². The first-order valence-electron chi connectivity index (χ1n) is 5.48. The van der Waals surface area contributed by atoms with Crippen LogP contribution in [0.1, 0.15) is 25.7 Å². The van der Waals surface area contributed by atoms with E-state index in [0.29, 0.717) is 12.6 Å². The summed E-state index contributed by atoms with van der Waals surface area (Å²) in [5.74, 6) is -0.212. The molecule has 1 atom stereocenters. The number of hydrogen-bond donors (Lipinski definition) is 1. The van der Waals surface area contributed by atoms with Crippen molar-refractivity contribution in [3.63, 3.8) is 0 Å². The van der Waals surface area contributed by atoms with Crippen molar-refractivity contribution >= 4 is 12.0 Å². The van der Waals surface area contributed by atoms with Crippen molar-refractivity contribution in [2.45, 2.75) is 31.7 Å². The van der Waals surface area contributed by atoms with E-state index in [4.69, 9.17) is 0 Å². The van der Waals surface area contributed by atoms with Crippen LogP contribution >= 0.6 is 0 Å². The van der Waals surface area contributed by atoms with Crippen LogP contribution in [0.5, 0.6) is 0 Å². The molecule has 5 nitrogen and oxygen atoms in total. The molecule has 0 saturated carbocycles. The average Bonchev–Trinajstić information content (AvgIpc) is 2.58. The first-order chi connectivity index (χ1) is 7.27. The second kappa shape index (κ2) is 4.61. The second-order valence-corrected chi connectivity index (χ2v) is 4.04. The number of piperidine rings is 1. The smallest absolute Gasteiger partial charge is 0.417 e. The molecule has 0 aliphatic carbocycles. The predicted octanol–water partition coefficient (Wildman–Crippen LogP) is 0.497. The molecule has 2 aliphatic heterocycles. The van der Waals surface area contributed by atoms with Crippen molar-refractivity contribution in [1.82, 2.24) is 10.2 Å². The topological polar surface area (TPSA) is 58.6 Å². The van der Waals surface area contributed by atoms with Crippen molar-refractivity contribution in [3.05, 3.63) is 0 Å². The van der Waals surface area contributed by atoms with Crippen LogP contribution in [0.3, 0.4) is 0 Å². The highest BCUT2D eigenvalue weighted by Crippen LogP contribution is 2.12. The number of nitrogens with one attached hydrogen (secondary N) is 1. The van der Waals surface area contributed by atoms with E-state index in [1.807, 2.05) is 0 Å². The molecule has 15 heavy (non-hydrogen) atoms. The van der Waals surface area contributed by atoms with Crippen molar-refractivity contribution < 1.29 is 14.3 Å². The molecule has 84 valence electrons. The standard InChI is InChI=1S/C10H16N2O3/c13-9-7-15-10(14)12(9)6-4-8-3-1-2-5-11-8/h8,11H,1-7H2/t8-/m0/s1. The molecule has 0 aromatic heterocycles. The summed E-state index contributed by atoms with van der Waals surface area (Å²) in [4.78, 5) is 23.5. The molecule has 2 saturated heterocycles. The number of carbonyl (C=O) groups excluding carboxylic acids is 2. The number of nitrogens with zero attached hydrogens (tertiary/aromatic N) is 1. The molecule has 2 fully saturated rings. The van der Waals surface area contributed by atoms with Crippen LogP contribution in [0.4, 0.5) is 4.79 Å². The van der Waals surface area contributed by atoms with Gasteiger partial charge in [0.2, 0.25) is 0 Å². The zero-order chi connectivity index (χ0) is 10.7. The monoisotopic (exact) mass is 212 g/mol. The van der Waals surface area contributed by atoms with Crippen molar-refractivity contribution in [2.75, 3.05) is 19.7 Å². The first kappa shape index (κ1) is 10.4. The summed E-state index contributed by atoms with van der Waals surface area (Å²) in [6.45, 7) is 1.44. The third kappa shape index (κ3) is 2.47. The molecule has 2 aliphatic rings. The molecule has 1 N–H and O–H groups in total. The Balaban J connectivity index is 1.76. The maximum absolute atomic E-state index is 11.2. The fourth-order valence-electron chi connectivity index (χ4n) is 2.05. The van der Waals surface area contributed by atoms with Gasteiger partial charge in [0.15, 0.2) is 6.61 Å². The molecule has 0 aromatic carbocycles. The van der Waals surface area contributed by atoms with Gasteiger partial charge in [0, 0.05) is 12.6 Å². The average molecular weight is 212 g/mol. The summed E-state index contributed by atoms with van der Waals surface area (Å²) < 4.78 is 4.63. The summed E-state index contributed by atoms with van der Waals surface area (Å²) >= 11 is 0. The number of imide groups is 1. The normalized spacial score (nSPS) is 26.9. The van der Waals surface area contributed by atoms with E-state index in [1.165, 1.54) is 17.7 Å². The van der Waals surface area contributed by atoms with Gasteiger partial charge in [0.1, 0.15) is 0 Å². The van der Waals surface area contributed by atoms with Gasteiger partial charge in [-0.3, -0.25) is 4.79 Å². The summed E-state index contributed by atoms with van der Waals surface area (Å²) in [6, 6.07) is 0.444. The molecular weight excluding hydrogens is 196 g/mol. The Morgan fingerprint density at radius 2 is 2.27 bits per heavy atom. The maximum atomic E-state index is 11.2. The van der Waals surface area contributed by atoms with Crippen LogP contribution in [-0.4, -0.2) is 42.6 Å². The lowest BCUT2D eigenvalue weighted by molar-refractivity contribution is -0.126. The Bertz CT molecular complexity index is 245. The number of hydrogen-bond acceptors (Lipinski definition) is 4. The Labute approximate surface area is 88.8 Å². The van der Waals surface area contributed by atoms with Crippen molar-refractivity contribution in [3.8, 4) is 0 Å². The zero-order valence-electron chi connectivity index (χ0n) is 8.70. The third-order valence-electron chi connectivity index (χ3n) is 2.95. The molecule has 2 rings (SSSR count). The molecule has 0 radical (unpaired) electrons. The van der Waals surface area contributed by atoms with Gasteiger partial charge in [-0.05, 0) is 25.8 Å². The van der Waals surface area contributed by atoms with Crippen LogP contribution < -0.4 is 5.32 Å². The van der Waals surface area contributed by atoms with Gasteiger partial charge < -0.3 is 10.1 Å². The van der Waals surface area contributed by atoms with Crippen molar-refractivity contribution in [1.29, 1.82) is 0 Å². The lowest BCUT2D eigenvalue weighted by Crippen LogP contribution is -2.39. The highest BCUT2D eigenvalue weighted by molar-refractivity contribution is 5.97. The van der Waals surface area contributed by atoms with Crippen LogP contribution in [0.25, 0.3) is 0 Å². The largest absolute Gasteiger partial charge is 0.439 e. The van der Waals surface area contributed by atoms with Crippen LogP contribution in [0.2, 0.25) is 0 Å². The second-order valence-electron chi connectivity index (χ2n) is 4.04. The highest BCUT2D eigenvalue weighted by Gasteiger charge is 2.31. The maximum Gasteiger partial charge on any atom is 0.417 e. The highest BCUT2D eigenvalue weighted by atomic mass is 16.6. The van der Waals surface area contributed by atoms with Crippen LogP contribution in [0, 0.1) is 0 Å². The summed E-state index contributed by atoms with van der Waals surface area (Å²) in [5, 5.41) is 3.38. The first-order valence-corrected chi connectivity index (χ1v) is 5.48. The number of cyclic esters (lactones) is 1. The lowest BCUT2D eigenvalue weighted by Gasteiger charge is -2.24. The molecule has 0 bridgehead atoms. The minimum Gasteiger partial charge on any atom is -0.439 e. The Morgan fingerprint density at radius 1 is 1.40 bits per heavy atom. The van der Waals surface area contributed by atoms with Gasteiger partial charge in [-0.15, -0.1) is 0 Å². The van der Waals surface area contributed by atoms with E-state index in [2.05, 4.69) is 10.1 Å². The van der Waals surface area contributed by atoms with Gasteiger partial charge in [0.05, 0.1) is 0 Å². The summed E-state index contributed by atoms with van der Waals surface area (Å²) in [5.41, 5.74) is 0. The third-order valence-corrected chi connectivity index (χ3v) is 2.95. The van der Waals surface area contributed by atoms with E-state index in [9.17, 15) is 9.59 Å². The number of rotatable bonds is 3. The van der Waals surface area contributed by atoms with Gasteiger partial charge in [-0.2, -0.15) is 0 Å². The number of carbonyl (C=O) groups is 2. The van der Waals surface area contributed by atoms with Gasteiger partial charge >= 0.3 is 6.09 Å². The Hall–Kier alpha value is -1.10. The number of amides is 2. The van der Waals surface area contributed by atoms with E-state index < -0.39 is 6.09 Å². The quantitative estimate of drug-likeness (QED) is 0.740. The Morgan fingerprint density at radius 3 is 2.87 bits per heavy atom. The fraction of sp³-hybridized carbons (Fsp3) is 0.800. The molecule has 0 unspecified atom stereocenters. The van der Waals surface area contributed by atoms with E-state index >= 15 is 0 Å².